The van der Waals surface area contributed by atoms with Crippen LogP contribution in [0.2, 0.25) is 0 Å². The minimum absolute atomic E-state index is 0.0310. The molecule has 2 aromatic rings. The Morgan fingerprint density at radius 1 is 1.41 bits per heavy atom. The first-order chi connectivity index (χ1) is 10.5. The van der Waals surface area contributed by atoms with Gasteiger partial charge in [-0.05, 0) is 12.1 Å². The number of hydrogen-bond acceptors (Lipinski definition) is 5. The zero-order valence-corrected chi connectivity index (χ0v) is 13.2. The monoisotopic (exact) mass is 316 g/mol. The number of nitrogens with zero attached hydrogens (tertiary/aromatic N) is 4. The Kier molecular flexibility index (Phi) is 3.98. The Labute approximate surface area is 132 Å². The number of aryl methyl sites for hydroxylation is 1. The Morgan fingerprint density at radius 3 is 2.91 bits per heavy atom. The summed E-state index contributed by atoms with van der Waals surface area (Å²) in [5.74, 6) is 0.803. The average Bonchev–Trinajstić information content (AvgIpc) is 3.04. The standard InChI is InChI=1S/C15H16N4O2S/c1-10(20)22-13-7-14(21)19(8-13)12-5-3-4-11(6-12)15-17-16-9-18(15)2/h3-6,9,13H,7-8H2,1-2H3. The largest absolute Gasteiger partial charge is 0.317 e. The highest BCUT2D eigenvalue weighted by molar-refractivity contribution is 8.14. The van der Waals surface area contributed by atoms with Crippen molar-refractivity contribution in [1.29, 1.82) is 0 Å². The summed E-state index contributed by atoms with van der Waals surface area (Å²) in [7, 11) is 1.88. The number of carbonyl (C=O) groups excluding carboxylic acids is 2. The summed E-state index contributed by atoms with van der Waals surface area (Å²) >= 11 is 1.24. The molecule has 1 saturated heterocycles. The molecule has 1 aliphatic rings. The molecule has 0 bridgehead atoms. The van der Waals surface area contributed by atoms with Crippen LogP contribution in [0.4, 0.5) is 5.69 Å². The highest BCUT2D eigenvalue weighted by atomic mass is 32.2. The molecule has 1 aromatic carbocycles. The van der Waals surface area contributed by atoms with Gasteiger partial charge in [0.05, 0.1) is 0 Å². The lowest BCUT2D eigenvalue weighted by Gasteiger charge is -2.17. The van der Waals surface area contributed by atoms with E-state index in [1.165, 1.54) is 18.7 Å². The van der Waals surface area contributed by atoms with Crippen molar-refractivity contribution >= 4 is 28.5 Å². The van der Waals surface area contributed by atoms with Crippen LogP contribution >= 0.6 is 11.8 Å². The SMILES string of the molecule is CC(=O)SC1CC(=O)N(c2cccc(-c3nncn3C)c2)C1. The zero-order chi connectivity index (χ0) is 15.7. The first-order valence-electron chi connectivity index (χ1n) is 6.96. The van der Waals surface area contributed by atoms with Gasteiger partial charge in [0.25, 0.3) is 0 Å². The second-order valence-electron chi connectivity index (χ2n) is 5.26. The van der Waals surface area contributed by atoms with Crippen LogP contribution < -0.4 is 4.90 Å². The van der Waals surface area contributed by atoms with Crippen LogP contribution in [0.25, 0.3) is 11.4 Å². The van der Waals surface area contributed by atoms with Crippen LogP contribution in [0, 0.1) is 0 Å². The fraction of sp³-hybridized carbons (Fsp3) is 0.333. The molecular weight excluding hydrogens is 300 g/mol. The van der Waals surface area contributed by atoms with Crippen molar-refractivity contribution in [3.8, 4) is 11.4 Å². The van der Waals surface area contributed by atoms with Crippen LogP contribution in [0.1, 0.15) is 13.3 Å². The number of carbonyl (C=O) groups is 2. The molecule has 3 rings (SSSR count). The van der Waals surface area contributed by atoms with E-state index in [1.807, 2.05) is 35.9 Å². The van der Waals surface area contributed by atoms with Crippen molar-refractivity contribution in [3.63, 3.8) is 0 Å². The number of anilines is 1. The summed E-state index contributed by atoms with van der Waals surface area (Å²) in [4.78, 5) is 25.1. The van der Waals surface area contributed by atoms with Gasteiger partial charge < -0.3 is 9.47 Å². The van der Waals surface area contributed by atoms with Gasteiger partial charge in [-0.2, -0.15) is 0 Å². The molecule has 1 unspecified atom stereocenters. The Bertz CT molecular complexity index is 728. The van der Waals surface area contributed by atoms with E-state index < -0.39 is 0 Å². The molecule has 6 nitrogen and oxygen atoms in total. The molecule has 1 fully saturated rings. The number of hydrogen-bond donors (Lipinski definition) is 0. The molecule has 0 saturated carbocycles. The second kappa shape index (κ2) is 5.92. The highest BCUT2D eigenvalue weighted by Gasteiger charge is 2.32. The van der Waals surface area contributed by atoms with Gasteiger partial charge in [-0.3, -0.25) is 9.59 Å². The summed E-state index contributed by atoms with van der Waals surface area (Å²) in [5.41, 5.74) is 1.74. The van der Waals surface area contributed by atoms with E-state index >= 15 is 0 Å². The smallest absolute Gasteiger partial charge is 0.228 e. The lowest BCUT2D eigenvalue weighted by Crippen LogP contribution is -2.24. The second-order valence-corrected chi connectivity index (χ2v) is 6.73. The maximum absolute atomic E-state index is 12.2. The van der Waals surface area contributed by atoms with Crippen molar-refractivity contribution in [3.05, 3.63) is 30.6 Å². The highest BCUT2D eigenvalue weighted by Crippen LogP contribution is 2.30. The molecule has 0 N–H and O–H groups in total. The maximum atomic E-state index is 12.2. The summed E-state index contributed by atoms with van der Waals surface area (Å²) in [6.45, 7) is 2.10. The molecule has 1 atom stereocenters. The number of rotatable bonds is 3. The van der Waals surface area contributed by atoms with E-state index in [1.54, 1.807) is 11.2 Å². The molecule has 0 aliphatic carbocycles. The van der Waals surface area contributed by atoms with Crippen molar-refractivity contribution < 1.29 is 9.59 Å². The first-order valence-corrected chi connectivity index (χ1v) is 7.84. The number of thioether (sulfide) groups is 1. The van der Waals surface area contributed by atoms with Crippen molar-refractivity contribution in [2.75, 3.05) is 11.4 Å². The van der Waals surface area contributed by atoms with E-state index in [0.29, 0.717) is 13.0 Å². The van der Waals surface area contributed by atoms with Gasteiger partial charge >= 0.3 is 0 Å². The van der Waals surface area contributed by atoms with E-state index in [-0.39, 0.29) is 16.3 Å². The zero-order valence-electron chi connectivity index (χ0n) is 12.4. The van der Waals surface area contributed by atoms with Gasteiger partial charge in [0.2, 0.25) is 5.91 Å². The van der Waals surface area contributed by atoms with Gasteiger partial charge in [-0.1, -0.05) is 23.9 Å². The third-order valence-corrected chi connectivity index (χ3v) is 4.53. The molecular formula is C15H16N4O2S. The van der Waals surface area contributed by atoms with Crippen molar-refractivity contribution in [2.24, 2.45) is 7.05 Å². The van der Waals surface area contributed by atoms with Crippen LogP contribution in [-0.4, -0.2) is 37.6 Å². The van der Waals surface area contributed by atoms with Gasteiger partial charge in [-0.15, -0.1) is 10.2 Å². The molecule has 2 heterocycles. The van der Waals surface area contributed by atoms with Crippen LogP contribution in [0.15, 0.2) is 30.6 Å². The van der Waals surface area contributed by atoms with E-state index in [9.17, 15) is 9.59 Å². The summed E-state index contributed by atoms with van der Waals surface area (Å²) < 4.78 is 1.83. The predicted octanol–water partition coefficient (Wildman–Crippen LogP) is 1.87. The number of amides is 1. The van der Waals surface area contributed by atoms with Crippen molar-refractivity contribution in [2.45, 2.75) is 18.6 Å². The van der Waals surface area contributed by atoms with Crippen LogP contribution in [0.3, 0.4) is 0 Å². The minimum atomic E-state index is 0.0310. The third kappa shape index (κ3) is 2.89. The molecule has 1 aliphatic heterocycles. The molecule has 1 amide bonds. The minimum Gasteiger partial charge on any atom is -0.317 e. The summed E-state index contributed by atoms with van der Waals surface area (Å²) in [6, 6.07) is 7.68. The third-order valence-electron chi connectivity index (χ3n) is 3.55. The first kappa shape index (κ1) is 14.8. The fourth-order valence-electron chi connectivity index (χ4n) is 2.60. The Morgan fingerprint density at radius 2 is 2.23 bits per heavy atom. The van der Waals surface area contributed by atoms with Gasteiger partial charge in [-0.25, -0.2) is 0 Å². The van der Waals surface area contributed by atoms with Gasteiger partial charge in [0.15, 0.2) is 10.9 Å². The molecule has 114 valence electrons. The lowest BCUT2D eigenvalue weighted by atomic mass is 10.2. The van der Waals surface area contributed by atoms with E-state index in [0.717, 1.165) is 17.1 Å². The maximum Gasteiger partial charge on any atom is 0.228 e. The topological polar surface area (TPSA) is 68.1 Å². The lowest BCUT2D eigenvalue weighted by molar-refractivity contribution is -0.117. The fourth-order valence-corrected chi connectivity index (χ4v) is 3.51. The molecule has 22 heavy (non-hydrogen) atoms. The molecule has 7 heteroatoms. The molecule has 0 spiro atoms. The average molecular weight is 316 g/mol. The molecule has 0 radical (unpaired) electrons. The number of aromatic nitrogens is 3. The van der Waals surface area contributed by atoms with Crippen molar-refractivity contribution in [1.82, 2.24) is 14.8 Å². The Hall–Kier alpha value is -2.15. The Balaban J connectivity index is 1.85. The number of benzene rings is 1. The van der Waals surface area contributed by atoms with Crippen LogP contribution in [-0.2, 0) is 16.6 Å². The molecule has 1 aromatic heterocycles. The van der Waals surface area contributed by atoms with Gasteiger partial charge in [0, 0.05) is 43.4 Å². The van der Waals surface area contributed by atoms with Crippen LogP contribution in [0.5, 0.6) is 0 Å². The van der Waals surface area contributed by atoms with E-state index in [4.69, 9.17) is 0 Å². The quantitative estimate of drug-likeness (QED) is 0.864. The van der Waals surface area contributed by atoms with Gasteiger partial charge in [0.1, 0.15) is 6.33 Å². The summed E-state index contributed by atoms with van der Waals surface area (Å²) in [5, 5.41) is 8.04. The summed E-state index contributed by atoms with van der Waals surface area (Å²) in [6.07, 6.45) is 2.04. The van der Waals surface area contributed by atoms with E-state index in [2.05, 4.69) is 10.2 Å². The normalized spacial score (nSPS) is 18.0. The predicted molar refractivity (Wildman–Crippen MR) is 85.5 cm³/mol.